The fourth-order valence-corrected chi connectivity index (χ4v) is 1.89. The average Bonchev–Trinajstić information content (AvgIpc) is 2.42. The second kappa shape index (κ2) is 5.61. The van der Waals surface area contributed by atoms with Crippen LogP contribution >= 0.6 is 0 Å². The van der Waals surface area contributed by atoms with Gasteiger partial charge in [-0.2, -0.15) is 0 Å². The maximum absolute atomic E-state index is 13.6. The first-order chi connectivity index (χ1) is 9.50. The topological polar surface area (TPSA) is 69.6 Å². The van der Waals surface area contributed by atoms with Crippen molar-refractivity contribution in [1.82, 2.24) is 5.32 Å². The highest BCUT2D eigenvalue weighted by Gasteiger charge is 2.18. The van der Waals surface area contributed by atoms with Crippen molar-refractivity contribution in [1.29, 1.82) is 0 Å². The third-order valence-electron chi connectivity index (χ3n) is 2.98. The van der Waals surface area contributed by atoms with Crippen molar-refractivity contribution in [2.45, 2.75) is 13.0 Å². The summed E-state index contributed by atoms with van der Waals surface area (Å²) < 4.78 is 13.6. The molecule has 2 aromatic rings. The number of phenols is 2. The van der Waals surface area contributed by atoms with Crippen LogP contribution in [0.25, 0.3) is 0 Å². The van der Waals surface area contributed by atoms with Crippen LogP contribution in [0.15, 0.2) is 42.5 Å². The summed E-state index contributed by atoms with van der Waals surface area (Å²) in [5, 5.41) is 21.5. The number of carbonyl (C=O) groups is 1. The standard InChI is InChI=1S/C15H14FNO3/c1-9(10-5-2-3-7-12(10)16)17-15(20)11-6-4-8-13(18)14(11)19/h2-9,18-19H,1H3,(H,17,20). The maximum Gasteiger partial charge on any atom is 0.255 e. The molecular formula is C15H14FNO3. The predicted octanol–water partition coefficient (Wildman–Crippen LogP) is 2.73. The molecule has 0 saturated carbocycles. The van der Waals surface area contributed by atoms with Gasteiger partial charge in [-0.05, 0) is 25.1 Å². The molecule has 0 radical (unpaired) electrons. The molecule has 2 aromatic carbocycles. The van der Waals surface area contributed by atoms with E-state index < -0.39 is 23.5 Å². The summed E-state index contributed by atoms with van der Waals surface area (Å²) >= 11 is 0. The molecule has 0 bridgehead atoms. The highest BCUT2D eigenvalue weighted by Crippen LogP contribution is 2.28. The first kappa shape index (κ1) is 13.9. The van der Waals surface area contributed by atoms with E-state index in [0.717, 1.165) is 0 Å². The molecule has 0 aromatic heterocycles. The van der Waals surface area contributed by atoms with E-state index in [1.807, 2.05) is 0 Å². The molecule has 0 spiro atoms. The van der Waals surface area contributed by atoms with E-state index in [1.165, 1.54) is 24.3 Å². The van der Waals surface area contributed by atoms with Crippen molar-refractivity contribution in [3.63, 3.8) is 0 Å². The van der Waals surface area contributed by atoms with Crippen molar-refractivity contribution in [2.75, 3.05) is 0 Å². The van der Waals surface area contributed by atoms with Crippen LogP contribution in [0, 0.1) is 5.82 Å². The molecule has 2 rings (SSSR count). The van der Waals surface area contributed by atoms with Gasteiger partial charge in [-0.25, -0.2) is 4.39 Å². The van der Waals surface area contributed by atoms with Gasteiger partial charge in [-0.1, -0.05) is 24.3 Å². The molecule has 1 atom stereocenters. The van der Waals surface area contributed by atoms with E-state index in [2.05, 4.69) is 5.32 Å². The van der Waals surface area contributed by atoms with E-state index in [9.17, 15) is 19.4 Å². The SMILES string of the molecule is CC(NC(=O)c1cccc(O)c1O)c1ccccc1F. The monoisotopic (exact) mass is 275 g/mol. The van der Waals surface area contributed by atoms with Gasteiger partial charge in [-0.15, -0.1) is 0 Å². The van der Waals surface area contributed by atoms with Crippen LogP contribution in [0.3, 0.4) is 0 Å². The summed E-state index contributed by atoms with van der Waals surface area (Å²) in [5.41, 5.74) is 0.286. The van der Waals surface area contributed by atoms with Gasteiger partial charge >= 0.3 is 0 Å². The number of hydrogen-bond donors (Lipinski definition) is 3. The second-order valence-corrected chi connectivity index (χ2v) is 4.39. The summed E-state index contributed by atoms with van der Waals surface area (Å²) in [7, 11) is 0. The van der Waals surface area contributed by atoms with E-state index in [4.69, 9.17) is 0 Å². The summed E-state index contributed by atoms with van der Waals surface area (Å²) in [5.74, 6) is -1.88. The number of rotatable bonds is 3. The number of hydrogen-bond acceptors (Lipinski definition) is 3. The van der Waals surface area contributed by atoms with Gasteiger partial charge in [0.15, 0.2) is 11.5 Å². The first-order valence-electron chi connectivity index (χ1n) is 6.07. The van der Waals surface area contributed by atoms with Crippen molar-refractivity contribution >= 4 is 5.91 Å². The zero-order valence-corrected chi connectivity index (χ0v) is 10.8. The molecular weight excluding hydrogens is 261 g/mol. The van der Waals surface area contributed by atoms with Crippen molar-refractivity contribution < 1.29 is 19.4 Å². The smallest absolute Gasteiger partial charge is 0.255 e. The summed E-state index contributed by atoms with van der Waals surface area (Å²) in [6.07, 6.45) is 0. The highest BCUT2D eigenvalue weighted by atomic mass is 19.1. The molecule has 104 valence electrons. The number of para-hydroxylation sites is 1. The zero-order valence-electron chi connectivity index (χ0n) is 10.8. The van der Waals surface area contributed by atoms with Crippen LogP contribution in [-0.2, 0) is 0 Å². The Balaban J connectivity index is 2.20. The molecule has 1 unspecified atom stereocenters. The Bertz CT molecular complexity index is 643. The molecule has 5 heteroatoms. The Hall–Kier alpha value is -2.56. The lowest BCUT2D eigenvalue weighted by Crippen LogP contribution is -2.27. The van der Waals surface area contributed by atoms with Crippen LogP contribution in [0.1, 0.15) is 28.9 Å². The van der Waals surface area contributed by atoms with Gasteiger partial charge in [-0.3, -0.25) is 4.79 Å². The molecule has 0 aliphatic carbocycles. The van der Waals surface area contributed by atoms with E-state index in [-0.39, 0.29) is 11.3 Å². The van der Waals surface area contributed by atoms with Crippen molar-refractivity contribution in [3.05, 3.63) is 59.4 Å². The summed E-state index contributed by atoms with van der Waals surface area (Å²) in [6, 6.07) is 9.64. The van der Waals surface area contributed by atoms with Gasteiger partial charge in [0.25, 0.3) is 5.91 Å². The Morgan fingerprint density at radius 3 is 2.55 bits per heavy atom. The van der Waals surface area contributed by atoms with E-state index >= 15 is 0 Å². The lowest BCUT2D eigenvalue weighted by atomic mass is 10.1. The maximum atomic E-state index is 13.6. The lowest BCUT2D eigenvalue weighted by Gasteiger charge is -2.15. The largest absolute Gasteiger partial charge is 0.504 e. The number of benzene rings is 2. The van der Waals surface area contributed by atoms with Crippen LogP contribution in [0.2, 0.25) is 0 Å². The third-order valence-corrected chi connectivity index (χ3v) is 2.98. The van der Waals surface area contributed by atoms with Gasteiger partial charge in [0.05, 0.1) is 11.6 Å². The number of amides is 1. The molecule has 0 saturated heterocycles. The average molecular weight is 275 g/mol. The van der Waals surface area contributed by atoms with Crippen LogP contribution in [0.4, 0.5) is 4.39 Å². The minimum atomic E-state index is -0.589. The summed E-state index contributed by atoms with van der Waals surface area (Å²) in [6.45, 7) is 1.64. The fraction of sp³-hybridized carbons (Fsp3) is 0.133. The Morgan fingerprint density at radius 1 is 1.15 bits per heavy atom. The van der Waals surface area contributed by atoms with Gasteiger partial charge in [0, 0.05) is 5.56 Å². The van der Waals surface area contributed by atoms with Crippen molar-refractivity contribution in [2.24, 2.45) is 0 Å². The highest BCUT2D eigenvalue weighted by molar-refractivity contribution is 5.97. The predicted molar refractivity (Wildman–Crippen MR) is 72.1 cm³/mol. The molecule has 0 aliphatic heterocycles. The van der Waals surface area contributed by atoms with Gasteiger partial charge in [0.1, 0.15) is 5.82 Å². The normalized spacial score (nSPS) is 11.9. The molecule has 0 heterocycles. The number of phenolic OH excluding ortho intramolecular Hbond substituents is 2. The Labute approximate surface area is 115 Å². The summed E-state index contributed by atoms with van der Waals surface area (Å²) in [4.78, 5) is 12.0. The lowest BCUT2D eigenvalue weighted by molar-refractivity contribution is 0.0936. The van der Waals surface area contributed by atoms with Crippen LogP contribution in [-0.4, -0.2) is 16.1 Å². The Morgan fingerprint density at radius 2 is 1.85 bits per heavy atom. The third kappa shape index (κ3) is 2.71. The molecule has 20 heavy (non-hydrogen) atoms. The quantitative estimate of drug-likeness (QED) is 0.754. The molecule has 3 N–H and O–H groups in total. The Kier molecular flexibility index (Phi) is 3.89. The number of nitrogens with one attached hydrogen (secondary N) is 1. The molecule has 0 aliphatic rings. The number of carbonyl (C=O) groups excluding carboxylic acids is 1. The molecule has 0 fully saturated rings. The van der Waals surface area contributed by atoms with E-state index in [0.29, 0.717) is 5.56 Å². The number of aromatic hydroxyl groups is 2. The minimum absolute atomic E-state index is 0.0619. The molecule has 1 amide bonds. The first-order valence-corrected chi connectivity index (χ1v) is 6.07. The van der Waals surface area contributed by atoms with Gasteiger partial charge in [0.2, 0.25) is 0 Å². The zero-order chi connectivity index (χ0) is 14.7. The van der Waals surface area contributed by atoms with Crippen LogP contribution < -0.4 is 5.32 Å². The second-order valence-electron chi connectivity index (χ2n) is 4.39. The minimum Gasteiger partial charge on any atom is -0.504 e. The fourth-order valence-electron chi connectivity index (χ4n) is 1.89. The van der Waals surface area contributed by atoms with Gasteiger partial charge < -0.3 is 15.5 Å². The van der Waals surface area contributed by atoms with E-state index in [1.54, 1.807) is 25.1 Å². The molecule has 4 nitrogen and oxygen atoms in total. The van der Waals surface area contributed by atoms with Crippen molar-refractivity contribution in [3.8, 4) is 11.5 Å². The van der Waals surface area contributed by atoms with Crippen LogP contribution in [0.5, 0.6) is 11.5 Å². The number of halogens is 1.